The van der Waals surface area contributed by atoms with E-state index in [9.17, 15) is 0 Å². The lowest BCUT2D eigenvalue weighted by molar-refractivity contribution is 0.400. The van der Waals surface area contributed by atoms with E-state index in [4.69, 9.17) is 15.2 Å². The van der Waals surface area contributed by atoms with E-state index in [0.717, 1.165) is 5.56 Å². The molecule has 0 unspecified atom stereocenters. The molecule has 0 atom stereocenters. The van der Waals surface area contributed by atoms with Gasteiger partial charge in [-0.1, -0.05) is 0 Å². The van der Waals surface area contributed by atoms with E-state index < -0.39 is 0 Å². The number of rotatable bonds is 4. The van der Waals surface area contributed by atoms with Crippen LogP contribution in [0.15, 0.2) is 42.5 Å². The first-order valence-electron chi connectivity index (χ1n) is 6.59. The number of hydrogen-bond donors (Lipinski definition) is 1. The van der Waals surface area contributed by atoms with Crippen molar-refractivity contribution in [2.45, 2.75) is 0 Å². The Morgan fingerprint density at radius 3 is 2.45 bits per heavy atom. The van der Waals surface area contributed by atoms with Gasteiger partial charge in [0.15, 0.2) is 5.82 Å². The standard InChI is InChI=1S/C15H15N5O2/c1-21-12-7-8-14(22-2)13(9-12)20-15(17-18-19-20)10-3-5-11(16)6-4-10/h3-9H,16H2,1-2H3. The Balaban J connectivity index is 2.14. The predicted molar refractivity (Wildman–Crippen MR) is 82.1 cm³/mol. The molecular weight excluding hydrogens is 282 g/mol. The van der Waals surface area contributed by atoms with Crippen LogP contribution in [0.3, 0.4) is 0 Å². The maximum atomic E-state index is 5.72. The largest absolute Gasteiger partial charge is 0.497 e. The van der Waals surface area contributed by atoms with Gasteiger partial charge < -0.3 is 15.2 Å². The molecule has 3 rings (SSSR count). The van der Waals surface area contributed by atoms with Crippen LogP contribution in [0.25, 0.3) is 17.1 Å². The topological polar surface area (TPSA) is 88.1 Å². The third-order valence-corrected chi connectivity index (χ3v) is 3.25. The van der Waals surface area contributed by atoms with Gasteiger partial charge in [0.2, 0.25) is 0 Å². The van der Waals surface area contributed by atoms with E-state index in [-0.39, 0.29) is 0 Å². The zero-order chi connectivity index (χ0) is 15.5. The van der Waals surface area contributed by atoms with Crippen molar-refractivity contribution in [3.63, 3.8) is 0 Å². The molecule has 2 N–H and O–H groups in total. The van der Waals surface area contributed by atoms with Gasteiger partial charge in [-0.25, -0.2) is 0 Å². The van der Waals surface area contributed by atoms with Crippen molar-refractivity contribution >= 4 is 5.69 Å². The van der Waals surface area contributed by atoms with Gasteiger partial charge in [-0.05, 0) is 46.8 Å². The summed E-state index contributed by atoms with van der Waals surface area (Å²) in [7, 11) is 3.20. The SMILES string of the molecule is COc1ccc(OC)c(-n2nnnc2-c2ccc(N)cc2)c1. The first kappa shape index (κ1) is 13.9. The summed E-state index contributed by atoms with van der Waals surface area (Å²) >= 11 is 0. The average Bonchev–Trinajstić information content (AvgIpc) is 3.04. The number of anilines is 1. The van der Waals surface area contributed by atoms with Crippen LogP contribution >= 0.6 is 0 Å². The van der Waals surface area contributed by atoms with Crippen molar-refractivity contribution in [2.75, 3.05) is 20.0 Å². The minimum Gasteiger partial charge on any atom is -0.497 e. The monoisotopic (exact) mass is 297 g/mol. The second-order valence-electron chi connectivity index (χ2n) is 4.57. The fourth-order valence-corrected chi connectivity index (χ4v) is 2.12. The van der Waals surface area contributed by atoms with Crippen LogP contribution < -0.4 is 15.2 Å². The molecule has 0 bridgehead atoms. The number of aromatic nitrogens is 4. The highest BCUT2D eigenvalue weighted by molar-refractivity contribution is 5.62. The van der Waals surface area contributed by atoms with Crippen LogP contribution in [0.5, 0.6) is 11.5 Å². The number of nitrogens with two attached hydrogens (primary N) is 1. The normalized spacial score (nSPS) is 10.5. The Morgan fingerprint density at radius 1 is 1.00 bits per heavy atom. The fraction of sp³-hybridized carbons (Fsp3) is 0.133. The summed E-state index contributed by atoms with van der Waals surface area (Å²) in [6, 6.07) is 12.8. The second kappa shape index (κ2) is 5.72. The molecule has 0 saturated heterocycles. The molecule has 0 radical (unpaired) electrons. The molecule has 0 spiro atoms. The Bertz CT molecular complexity index is 783. The summed E-state index contributed by atoms with van der Waals surface area (Å²) in [4.78, 5) is 0. The molecule has 3 aromatic rings. The molecule has 2 aromatic carbocycles. The van der Waals surface area contributed by atoms with E-state index in [1.165, 1.54) is 0 Å². The molecule has 112 valence electrons. The predicted octanol–water partition coefficient (Wildman–Crippen LogP) is 1.93. The van der Waals surface area contributed by atoms with Crippen LogP contribution in [0, 0.1) is 0 Å². The fourth-order valence-electron chi connectivity index (χ4n) is 2.12. The number of nitrogen functional groups attached to an aromatic ring is 1. The molecule has 0 aliphatic rings. The molecule has 0 saturated carbocycles. The Morgan fingerprint density at radius 2 is 1.77 bits per heavy atom. The highest BCUT2D eigenvalue weighted by Gasteiger charge is 2.15. The summed E-state index contributed by atoms with van der Waals surface area (Å²) < 4.78 is 12.3. The molecule has 22 heavy (non-hydrogen) atoms. The van der Waals surface area contributed by atoms with E-state index in [1.54, 1.807) is 31.0 Å². The average molecular weight is 297 g/mol. The van der Waals surface area contributed by atoms with Gasteiger partial charge in [-0.15, -0.1) is 5.10 Å². The molecule has 0 fully saturated rings. The summed E-state index contributed by atoms with van der Waals surface area (Å²) in [6.45, 7) is 0. The lowest BCUT2D eigenvalue weighted by Crippen LogP contribution is -2.03. The quantitative estimate of drug-likeness (QED) is 0.740. The van der Waals surface area contributed by atoms with Crippen molar-refractivity contribution in [3.05, 3.63) is 42.5 Å². The van der Waals surface area contributed by atoms with Gasteiger partial charge in [0.1, 0.15) is 17.2 Å². The van der Waals surface area contributed by atoms with Gasteiger partial charge in [0.25, 0.3) is 0 Å². The van der Waals surface area contributed by atoms with E-state index in [1.807, 2.05) is 30.3 Å². The highest BCUT2D eigenvalue weighted by Crippen LogP contribution is 2.30. The van der Waals surface area contributed by atoms with Gasteiger partial charge in [-0.3, -0.25) is 0 Å². The van der Waals surface area contributed by atoms with Crippen molar-refractivity contribution in [2.24, 2.45) is 0 Å². The van der Waals surface area contributed by atoms with Crippen molar-refractivity contribution in [1.82, 2.24) is 20.2 Å². The highest BCUT2D eigenvalue weighted by atomic mass is 16.5. The smallest absolute Gasteiger partial charge is 0.187 e. The van der Waals surface area contributed by atoms with E-state index in [0.29, 0.717) is 28.7 Å². The van der Waals surface area contributed by atoms with Crippen LogP contribution in [0.2, 0.25) is 0 Å². The minimum atomic E-state index is 0.589. The Labute approximate surface area is 127 Å². The minimum absolute atomic E-state index is 0.589. The molecule has 7 heteroatoms. The molecule has 1 heterocycles. The summed E-state index contributed by atoms with van der Waals surface area (Å²) in [5.41, 5.74) is 7.94. The molecule has 7 nitrogen and oxygen atoms in total. The van der Waals surface area contributed by atoms with Crippen molar-refractivity contribution in [3.8, 4) is 28.6 Å². The van der Waals surface area contributed by atoms with Gasteiger partial charge in [0.05, 0.1) is 14.2 Å². The lowest BCUT2D eigenvalue weighted by Gasteiger charge is -2.11. The van der Waals surface area contributed by atoms with Crippen LogP contribution in [-0.2, 0) is 0 Å². The molecule has 0 aliphatic carbocycles. The number of tetrazole rings is 1. The molecular formula is C15H15N5O2. The zero-order valence-corrected chi connectivity index (χ0v) is 12.2. The van der Waals surface area contributed by atoms with Gasteiger partial charge in [-0.2, -0.15) is 4.68 Å². The maximum Gasteiger partial charge on any atom is 0.187 e. The third-order valence-electron chi connectivity index (χ3n) is 3.25. The number of nitrogens with zero attached hydrogens (tertiary/aromatic N) is 4. The summed E-state index contributed by atoms with van der Waals surface area (Å²) in [5, 5.41) is 11.9. The maximum absolute atomic E-state index is 5.72. The van der Waals surface area contributed by atoms with Crippen molar-refractivity contribution in [1.29, 1.82) is 0 Å². The van der Waals surface area contributed by atoms with Crippen LogP contribution in [-0.4, -0.2) is 34.4 Å². The van der Waals surface area contributed by atoms with Gasteiger partial charge >= 0.3 is 0 Å². The number of methoxy groups -OCH3 is 2. The summed E-state index contributed by atoms with van der Waals surface area (Å²) in [6.07, 6.45) is 0. The lowest BCUT2D eigenvalue weighted by atomic mass is 10.2. The Kier molecular flexibility index (Phi) is 3.61. The first-order chi connectivity index (χ1) is 10.7. The molecule has 1 aromatic heterocycles. The van der Waals surface area contributed by atoms with Gasteiger partial charge in [0, 0.05) is 17.3 Å². The Hall–Kier alpha value is -3.09. The first-order valence-corrected chi connectivity index (χ1v) is 6.59. The van der Waals surface area contributed by atoms with Crippen molar-refractivity contribution < 1.29 is 9.47 Å². The number of benzene rings is 2. The summed E-state index contributed by atoms with van der Waals surface area (Å²) in [5.74, 6) is 1.92. The van der Waals surface area contributed by atoms with E-state index >= 15 is 0 Å². The third kappa shape index (κ3) is 2.44. The van der Waals surface area contributed by atoms with Crippen LogP contribution in [0.1, 0.15) is 0 Å². The second-order valence-corrected chi connectivity index (χ2v) is 4.57. The number of hydrogen-bond acceptors (Lipinski definition) is 6. The molecule has 0 amide bonds. The zero-order valence-electron chi connectivity index (χ0n) is 12.2. The number of ether oxygens (including phenoxy) is 2. The van der Waals surface area contributed by atoms with Crippen LogP contribution in [0.4, 0.5) is 5.69 Å². The molecule has 0 aliphatic heterocycles. The van der Waals surface area contributed by atoms with E-state index in [2.05, 4.69) is 15.5 Å².